The van der Waals surface area contributed by atoms with Gasteiger partial charge in [0, 0.05) is 23.2 Å². The van der Waals surface area contributed by atoms with Crippen molar-refractivity contribution in [1.82, 2.24) is 10.3 Å². The van der Waals surface area contributed by atoms with Crippen LogP contribution in [0, 0.1) is 13.8 Å². The number of nitrogens with one attached hydrogen (secondary N) is 2. The summed E-state index contributed by atoms with van der Waals surface area (Å²) in [6, 6.07) is 15.5. The van der Waals surface area contributed by atoms with Crippen molar-refractivity contribution in [1.29, 1.82) is 0 Å². The van der Waals surface area contributed by atoms with Gasteiger partial charge in [0.25, 0.3) is 5.56 Å². The third-order valence-corrected chi connectivity index (χ3v) is 4.52. The largest absolute Gasteiger partial charge is 0.348 e. The summed E-state index contributed by atoms with van der Waals surface area (Å²) < 4.78 is 0. The van der Waals surface area contributed by atoms with Crippen LogP contribution in [0.5, 0.6) is 0 Å². The number of hydrogen-bond acceptors (Lipinski definition) is 2. The van der Waals surface area contributed by atoms with Crippen molar-refractivity contribution in [2.24, 2.45) is 0 Å². The van der Waals surface area contributed by atoms with Crippen LogP contribution in [-0.2, 0) is 11.3 Å². The smallest absolute Gasteiger partial charge is 0.253 e. The van der Waals surface area contributed by atoms with E-state index in [9.17, 15) is 9.59 Å². The minimum Gasteiger partial charge on any atom is -0.348 e. The molecule has 0 saturated carbocycles. The molecule has 4 nitrogen and oxygen atoms in total. The summed E-state index contributed by atoms with van der Waals surface area (Å²) in [6.45, 7) is 6.01. The van der Waals surface area contributed by atoms with Crippen LogP contribution in [-0.4, -0.2) is 10.9 Å². The maximum Gasteiger partial charge on any atom is 0.253 e. The molecule has 0 radical (unpaired) electrons. The number of carbonyl (C=O) groups is 1. The van der Waals surface area contributed by atoms with Crippen LogP contribution in [0.2, 0.25) is 0 Å². The number of fused-ring (bicyclic) bond motifs is 1. The van der Waals surface area contributed by atoms with Crippen molar-refractivity contribution < 1.29 is 4.79 Å². The summed E-state index contributed by atoms with van der Waals surface area (Å²) in [6.07, 6.45) is 1.83. The highest BCUT2D eigenvalue weighted by Gasteiger charge is 2.08. The molecule has 3 rings (SSSR count). The molecule has 26 heavy (non-hydrogen) atoms. The van der Waals surface area contributed by atoms with E-state index in [-0.39, 0.29) is 18.0 Å². The quantitative estimate of drug-likeness (QED) is 0.705. The van der Waals surface area contributed by atoms with E-state index in [1.54, 1.807) is 6.92 Å². The molecule has 0 saturated heterocycles. The van der Waals surface area contributed by atoms with Crippen LogP contribution < -0.4 is 10.9 Å². The fourth-order valence-corrected chi connectivity index (χ4v) is 2.83. The van der Waals surface area contributed by atoms with Gasteiger partial charge in [-0.1, -0.05) is 30.3 Å². The van der Waals surface area contributed by atoms with Gasteiger partial charge >= 0.3 is 0 Å². The Balaban J connectivity index is 1.78. The van der Waals surface area contributed by atoms with Gasteiger partial charge in [-0.2, -0.15) is 0 Å². The van der Waals surface area contributed by atoms with E-state index in [1.165, 1.54) is 5.56 Å². The van der Waals surface area contributed by atoms with Crippen molar-refractivity contribution in [3.8, 4) is 0 Å². The van der Waals surface area contributed by atoms with Crippen molar-refractivity contribution in [3.05, 3.63) is 86.7 Å². The van der Waals surface area contributed by atoms with Crippen molar-refractivity contribution in [2.45, 2.75) is 27.3 Å². The van der Waals surface area contributed by atoms with Crippen LogP contribution in [0.3, 0.4) is 0 Å². The number of rotatable bonds is 4. The number of benzene rings is 2. The Kier molecular flexibility index (Phi) is 5.03. The third-order valence-electron chi connectivity index (χ3n) is 4.52. The third kappa shape index (κ3) is 3.91. The molecule has 0 spiro atoms. The minimum absolute atomic E-state index is 0.175. The highest BCUT2D eigenvalue weighted by molar-refractivity contribution is 5.97. The van der Waals surface area contributed by atoms with E-state index in [1.807, 2.05) is 68.5 Å². The van der Waals surface area contributed by atoms with Gasteiger partial charge in [0.15, 0.2) is 0 Å². The van der Waals surface area contributed by atoms with Crippen LogP contribution >= 0.6 is 0 Å². The predicted octanol–water partition coefficient (Wildman–Crippen LogP) is 3.86. The second kappa shape index (κ2) is 7.40. The van der Waals surface area contributed by atoms with E-state index in [0.717, 1.165) is 22.0 Å². The van der Waals surface area contributed by atoms with Crippen molar-refractivity contribution in [2.75, 3.05) is 0 Å². The van der Waals surface area contributed by atoms with Gasteiger partial charge in [-0.15, -0.1) is 0 Å². The van der Waals surface area contributed by atoms with Crippen molar-refractivity contribution >= 4 is 22.9 Å². The summed E-state index contributed by atoms with van der Waals surface area (Å²) in [5.74, 6) is -0.187. The molecule has 2 N–H and O–H groups in total. The first kappa shape index (κ1) is 17.7. The molecule has 0 aliphatic carbocycles. The average molecular weight is 346 g/mol. The molecule has 1 amide bonds. The Labute approximate surface area is 152 Å². The molecule has 0 atom stereocenters. The van der Waals surface area contributed by atoms with Gasteiger partial charge in [-0.3, -0.25) is 9.59 Å². The number of amides is 1. The number of aromatic amines is 1. The van der Waals surface area contributed by atoms with E-state index in [0.29, 0.717) is 11.1 Å². The highest BCUT2D eigenvalue weighted by Crippen LogP contribution is 2.17. The van der Waals surface area contributed by atoms with Gasteiger partial charge < -0.3 is 10.3 Å². The minimum atomic E-state index is -0.187. The Morgan fingerprint density at radius 3 is 2.50 bits per heavy atom. The lowest BCUT2D eigenvalue weighted by molar-refractivity contribution is -0.117. The van der Waals surface area contributed by atoms with Gasteiger partial charge in [0.05, 0.1) is 0 Å². The maximum absolute atomic E-state index is 12.3. The summed E-state index contributed by atoms with van der Waals surface area (Å²) in [5.41, 5.74) is 5.05. The molecule has 1 heterocycles. The van der Waals surface area contributed by atoms with Crippen LogP contribution in [0.1, 0.15) is 29.2 Å². The van der Waals surface area contributed by atoms with E-state index in [4.69, 9.17) is 0 Å². The van der Waals surface area contributed by atoms with Crippen molar-refractivity contribution in [3.63, 3.8) is 0 Å². The van der Waals surface area contributed by atoms with Gasteiger partial charge in [0.1, 0.15) is 0 Å². The molecule has 2 aromatic carbocycles. The lowest BCUT2D eigenvalue weighted by Gasteiger charge is -2.08. The molecule has 0 aliphatic heterocycles. The van der Waals surface area contributed by atoms with Crippen LogP contribution in [0.25, 0.3) is 17.0 Å². The zero-order valence-electron chi connectivity index (χ0n) is 15.2. The SMILES string of the molecule is C/C(=C\c1ccccc1)C(=O)NCc1cc2cc(C)c(C)cc2[nH]c1=O. The average Bonchev–Trinajstić information content (AvgIpc) is 2.62. The lowest BCUT2D eigenvalue weighted by Crippen LogP contribution is -2.27. The molecule has 132 valence electrons. The molecule has 0 aliphatic rings. The summed E-state index contributed by atoms with van der Waals surface area (Å²) in [7, 11) is 0. The number of H-pyrrole nitrogens is 1. The van der Waals surface area contributed by atoms with Gasteiger partial charge in [0.2, 0.25) is 5.91 Å². The maximum atomic E-state index is 12.3. The first-order chi connectivity index (χ1) is 12.4. The number of carbonyl (C=O) groups excluding carboxylic acids is 1. The zero-order valence-corrected chi connectivity index (χ0v) is 15.2. The normalized spacial score (nSPS) is 11.6. The molecular formula is C22H22N2O2. The number of aryl methyl sites for hydroxylation is 2. The first-order valence-electron chi connectivity index (χ1n) is 8.59. The second-order valence-electron chi connectivity index (χ2n) is 6.57. The Hall–Kier alpha value is -3.14. The summed E-state index contributed by atoms with van der Waals surface area (Å²) >= 11 is 0. The first-order valence-corrected chi connectivity index (χ1v) is 8.59. The summed E-state index contributed by atoms with van der Waals surface area (Å²) in [4.78, 5) is 27.5. The van der Waals surface area contributed by atoms with E-state index >= 15 is 0 Å². The Morgan fingerprint density at radius 2 is 1.77 bits per heavy atom. The molecule has 0 bridgehead atoms. The van der Waals surface area contributed by atoms with Crippen LogP contribution in [0.15, 0.2) is 58.9 Å². The molecule has 4 heteroatoms. The molecule has 0 fully saturated rings. The lowest BCUT2D eigenvalue weighted by atomic mass is 10.0. The fraction of sp³-hybridized carbons (Fsp3) is 0.182. The van der Waals surface area contributed by atoms with Gasteiger partial charge in [-0.05, 0) is 67.1 Å². The second-order valence-corrected chi connectivity index (χ2v) is 6.57. The predicted molar refractivity (Wildman–Crippen MR) is 106 cm³/mol. The molecule has 3 aromatic rings. The Morgan fingerprint density at radius 1 is 1.08 bits per heavy atom. The van der Waals surface area contributed by atoms with Crippen LogP contribution in [0.4, 0.5) is 0 Å². The number of aromatic nitrogens is 1. The monoisotopic (exact) mass is 346 g/mol. The topological polar surface area (TPSA) is 62.0 Å². The Bertz CT molecular complexity index is 1050. The fourth-order valence-electron chi connectivity index (χ4n) is 2.83. The van der Waals surface area contributed by atoms with E-state index < -0.39 is 0 Å². The summed E-state index contributed by atoms with van der Waals surface area (Å²) in [5, 5.41) is 3.79. The highest BCUT2D eigenvalue weighted by atomic mass is 16.1. The zero-order chi connectivity index (χ0) is 18.7. The molecule has 0 unspecified atom stereocenters. The number of hydrogen-bond donors (Lipinski definition) is 2. The molecular weight excluding hydrogens is 324 g/mol. The number of pyridine rings is 1. The van der Waals surface area contributed by atoms with Gasteiger partial charge in [-0.25, -0.2) is 0 Å². The van der Waals surface area contributed by atoms with E-state index in [2.05, 4.69) is 10.3 Å². The standard InChI is InChI=1S/C22H22N2O2/c1-14-10-18-12-19(22(26)24-20(18)11-15(14)2)13-23-21(25)16(3)9-17-7-5-4-6-8-17/h4-12H,13H2,1-3H3,(H,23,25)(H,24,26)/b16-9+. The molecule has 1 aromatic heterocycles.